The highest BCUT2D eigenvalue weighted by molar-refractivity contribution is 7.99. The monoisotopic (exact) mass is 415 g/mol. The van der Waals surface area contributed by atoms with Gasteiger partial charge >= 0.3 is 0 Å². The average Bonchev–Trinajstić information content (AvgIpc) is 3.08. The molecule has 1 heterocycles. The second-order valence-electron chi connectivity index (χ2n) is 6.38. The fourth-order valence-electron chi connectivity index (χ4n) is 2.72. The number of carbonyl (C=O) groups is 1. The Kier molecular flexibility index (Phi) is 6.75. The number of ether oxygens (including phenoxy) is 1. The fourth-order valence-corrected chi connectivity index (χ4v) is 3.65. The van der Waals surface area contributed by atoms with Gasteiger partial charge in [-0.1, -0.05) is 42.4 Å². The summed E-state index contributed by atoms with van der Waals surface area (Å²) in [4.78, 5) is 12.3. The van der Waals surface area contributed by atoms with E-state index in [4.69, 9.17) is 16.3 Å². The van der Waals surface area contributed by atoms with E-state index in [2.05, 4.69) is 29.3 Å². The Morgan fingerprint density at radius 2 is 1.82 bits per heavy atom. The summed E-state index contributed by atoms with van der Waals surface area (Å²) in [5.41, 5.74) is 1.90. The Morgan fingerprint density at radius 3 is 2.46 bits per heavy atom. The minimum Gasteiger partial charge on any atom is -0.483 e. The van der Waals surface area contributed by atoms with Gasteiger partial charge in [-0.15, -0.1) is 10.2 Å². The Balaban J connectivity index is 1.62. The summed E-state index contributed by atoms with van der Waals surface area (Å²) in [5, 5.41) is 9.74. The number of rotatable bonds is 8. The van der Waals surface area contributed by atoms with E-state index in [-0.39, 0.29) is 17.6 Å². The highest BCUT2D eigenvalue weighted by atomic mass is 35.5. The molecule has 0 amide bonds. The van der Waals surface area contributed by atoms with E-state index in [1.165, 1.54) is 17.3 Å². The average molecular weight is 416 g/mol. The number of benzene rings is 2. The van der Waals surface area contributed by atoms with Crippen molar-refractivity contribution in [2.24, 2.45) is 7.05 Å². The predicted octanol–water partition coefficient (Wildman–Crippen LogP) is 5.15. The van der Waals surface area contributed by atoms with Crippen LogP contribution in [0.5, 0.6) is 5.75 Å². The second kappa shape index (κ2) is 9.26. The first-order chi connectivity index (χ1) is 13.5. The van der Waals surface area contributed by atoms with Crippen LogP contribution in [0.3, 0.4) is 0 Å². The first kappa shape index (κ1) is 20.4. The van der Waals surface area contributed by atoms with Crippen LogP contribution in [0.15, 0.2) is 53.7 Å². The number of hydrogen-bond donors (Lipinski definition) is 0. The number of nitrogens with zero attached hydrogens (tertiary/aromatic N) is 3. The molecule has 0 aliphatic rings. The van der Waals surface area contributed by atoms with Gasteiger partial charge in [-0.3, -0.25) is 4.79 Å². The molecule has 0 saturated heterocycles. The number of Topliss-reactive ketones (excluding diaryl/α,β-unsaturated/α-hetero) is 1. The van der Waals surface area contributed by atoms with E-state index in [1.807, 2.05) is 30.7 Å². The highest BCUT2D eigenvalue weighted by Gasteiger charge is 2.18. The summed E-state index contributed by atoms with van der Waals surface area (Å²) in [5.74, 6) is 1.80. The topological polar surface area (TPSA) is 57.0 Å². The van der Waals surface area contributed by atoms with Crippen LogP contribution in [0.4, 0.5) is 0 Å². The molecular formula is C21H22ClN3O2S. The number of halogens is 1. The Labute approximate surface area is 174 Å². The van der Waals surface area contributed by atoms with Crippen LogP contribution in [-0.2, 0) is 13.5 Å². The lowest BCUT2D eigenvalue weighted by Gasteiger charge is -2.14. The third-order valence-electron chi connectivity index (χ3n) is 4.38. The van der Waals surface area contributed by atoms with Gasteiger partial charge < -0.3 is 9.30 Å². The molecule has 3 aromatic rings. The molecular weight excluding hydrogens is 394 g/mol. The molecule has 1 aromatic heterocycles. The van der Waals surface area contributed by atoms with E-state index >= 15 is 0 Å². The van der Waals surface area contributed by atoms with Crippen LogP contribution in [0.2, 0.25) is 5.02 Å². The van der Waals surface area contributed by atoms with E-state index in [0.29, 0.717) is 21.6 Å². The molecule has 146 valence electrons. The van der Waals surface area contributed by atoms with Gasteiger partial charge in [-0.25, -0.2) is 0 Å². The van der Waals surface area contributed by atoms with Crippen molar-refractivity contribution in [3.8, 4) is 5.75 Å². The maximum absolute atomic E-state index is 12.3. The second-order valence-corrected chi connectivity index (χ2v) is 7.76. The molecule has 0 N–H and O–H groups in total. The lowest BCUT2D eigenvalue weighted by molar-refractivity contribution is 0.102. The predicted molar refractivity (Wildman–Crippen MR) is 112 cm³/mol. The molecule has 1 atom stereocenters. The number of ketones is 1. The molecule has 0 fully saturated rings. The minimum absolute atomic E-state index is 0.0199. The zero-order valence-electron chi connectivity index (χ0n) is 16.1. The number of thioether (sulfide) groups is 1. The van der Waals surface area contributed by atoms with Crippen molar-refractivity contribution >= 4 is 29.1 Å². The number of carbonyl (C=O) groups excluding carboxylic acids is 1. The van der Waals surface area contributed by atoms with Gasteiger partial charge in [0.15, 0.2) is 22.9 Å². The summed E-state index contributed by atoms with van der Waals surface area (Å²) in [7, 11) is 1.88. The van der Waals surface area contributed by atoms with E-state index < -0.39 is 0 Å². The number of hydrogen-bond acceptors (Lipinski definition) is 5. The zero-order chi connectivity index (χ0) is 20.1. The molecule has 28 heavy (non-hydrogen) atoms. The van der Waals surface area contributed by atoms with Crippen molar-refractivity contribution in [2.75, 3.05) is 5.75 Å². The SMILES string of the molecule is CCc1ccc(O[C@@H](C)c2nnc(SCC(=O)c3ccc(Cl)cc3)n2C)cc1. The first-order valence-electron chi connectivity index (χ1n) is 9.04. The smallest absolute Gasteiger partial charge is 0.191 e. The van der Waals surface area contributed by atoms with Crippen molar-refractivity contribution in [2.45, 2.75) is 31.5 Å². The highest BCUT2D eigenvalue weighted by Crippen LogP contribution is 2.24. The molecule has 0 bridgehead atoms. The molecule has 7 heteroatoms. The van der Waals surface area contributed by atoms with Gasteiger partial charge in [0.25, 0.3) is 0 Å². The van der Waals surface area contributed by atoms with Crippen LogP contribution >= 0.6 is 23.4 Å². The van der Waals surface area contributed by atoms with Crippen LogP contribution in [0, 0.1) is 0 Å². The van der Waals surface area contributed by atoms with E-state index in [0.717, 1.165) is 12.2 Å². The molecule has 3 rings (SSSR count). The number of aryl methyl sites for hydroxylation is 1. The van der Waals surface area contributed by atoms with E-state index in [1.54, 1.807) is 24.3 Å². The molecule has 5 nitrogen and oxygen atoms in total. The van der Waals surface area contributed by atoms with Gasteiger partial charge in [0, 0.05) is 17.6 Å². The van der Waals surface area contributed by atoms with Crippen LogP contribution in [0.1, 0.15) is 41.7 Å². The van der Waals surface area contributed by atoms with Crippen molar-refractivity contribution in [1.82, 2.24) is 14.8 Å². The molecule has 0 spiro atoms. The van der Waals surface area contributed by atoms with E-state index in [9.17, 15) is 4.79 Å². The Hall–Kier alpha value is -2.31. The summed E-state index contributed by atoms with van der Waals surface area (Å²) >= 11 is 7.22. The van der Waals surface area contributed by atoms with Gasteiger partial charge in [-0.2, -0.15) is 0 Å². The minimum atomic E-state index is -0.258. The summed E-state index contributed by atoms with van der Waals surface area (Å²) < 4.78 is 7.85. The number of aromatic nitrogens is 3. The summed E-state index contributed by atoms with van der Waals surface area (Å²) in [6.07, 6.45) is 0.736. The molecule has 2 aromatic carbocycles. The third-order valence-corrected chi connectivity index (χ3v) is 5.65. The van der Waals surface area contributed by atoms with Crippen LogP contribution < -0.4 is 4.74 Å². The quantitative estimate of drug-likeness (QED) is 0.376. The van der Waals surface area contributed by atoms with Crippen molar-refractivity contribution in [3.63, 3.8) is 0 Å². The maximum atomic E-state index is 12.3. The van der Waals surface area contributed by atoms with Crippen LogP contribution in [-0.4, -0.2) is 26.3 Å². The zero-order valence-corrected chi connectivity index (χ0v) is 17.6. The van der Waals surface area contributed by atoms with Gasteiger partial charge in [-0.05, 0) is 55.3 Å². The van der Waals surface area contributed by atoms with Crippen LogP contribution in [0.25, 0.3) is 0 Å². The normalized spacial score (nSPS) is 12.0. The molecule has 0 aliphatic carbocycles. The molecule has 0 aliphatic heterocycles. The standard InChI is InChI=1S/C21H22ClN3O2S/c1-4-15-5-11-18(12-6-15)27-14(2)20-23-24-21(25(20)3)28-13-19(26)16-7-9-17(22)10-8-16/h5-12,14H,4,13H2,1-3H3/t14-/m0/s1. The first-order valence-corrected chi connectivity index (χ1v) is 10.4. The molecule has 0 saturated carbocycles. The fraction of sp³-hybridized carbons (Fsp3) is 0.286. The maximum Gasteiger partial charge on any atom is 0.191 e. The largest absolute Gasteiger partial charge is 0.483 e. The Bertz CT molecular complexity index is 939. The summed E-state index contributed by atoms with van der Waals surface area (Å²) in [6, 6.07) is 14.9. The van der Waals surface area contributed by atoms with Crippen molar-refractivity contribution in [1.29, 1.82) is 0 Å². The van der Waals surface area contributed by atoms with Gasteiger partial charge in [0.05, 0.1) is 5.75 Å². The molecule has 0 unspecified atom stereocenters. The Morgan fingerprint density at radius 1 is 1.14 bits per heavy atom. The van der Waals surface area contributed by atoms with Crippen molar-refractivity contribution in [3.05, 3.63) is 70.5 Å². The van der Waals surface area contributed by atoms with Gasteiger partial charge in [0.2, 0.25) is 0 Å². The van der Waals surface area contributed by atoms with Crippen molar-refractivity contribution < 1.29 is 9.53 Å². The third kappa shape index (κ3) is 4.94. The lowest BCUT2D eigenvalue weighted by atomic mass is 10.1. The van der Waals surface area contributed by atoms with Gasteiger partial charge in [0.1, 0.15) is 5.75 Å². The lowest BCUT2D eigenvalue weighted by Crippen LogP contribution is -2.10. The summed E-state index contributed by atoms with van der Waals surface area (Å²) in [6.45, 7) is 4.06. The molecule has 0 radical (unpaired) electrons.